The van der Waals surface area contributed by atoms with Gasteiger partial charge in [-0.05, 0) is 57.1 Å². The number of guanidine groups is 1. The molecule has 132 valence electrons. The van der Waals surface area contributed by atoms with E-state index in [1.165, 1.54) is 6.42 Å². The molecule has 0 aliphatic rings. The minimum absolute atomic E-state index is 0.372. The molecular weight excluding hydrogens is 298 g/mol. The van der Waals surface area contributed by atoms with Gasteiger partial charge >= 0.3 is 0 Å². The van der Waals surface area contributed by atoms with Crippen LogP contribution in [0.2, 0.25) is 0 Å². The van der Waals surface area contributed by atoms with Crippen LogP contribution >= 0.6 is 0 Å². The van der Waals surface area contributed by atoms with Gasteiger partial charge in [0.25, 0.3) is 0 Å². The summed E-state index contributed by atoms with van der Waals surface area (Å²) in [6, 6.07) is 10.2. The maximum Gasteiger partial charge on any atom is 0.191 e. The maximum absolute atomic E-state index is 8.95. The van der Waals surface area contributed by atoms with Gasteiger partial charge in [0, 0.05) is 19.6 Å². The first kappa shape index (κ1) is 20.0. The van der Waals surface area contributed by atoms with Crippen molar-refractivity contribution in [1.29, 1.82) is 5.26 Å². The Morgan fingerprint density at radius 2 is 2.08 bits per heavy atom. The summed E-state index contributed by atoms with van der Waals surface area (Å²) in [4.78, 5) is 6.73. The van der Waals surface area contributed by atoms with Crippen LogP contribution < -0.4 is 10.6 Å². The van der Waals surface area contributed by atoms with Gasteiger partial charge in [-0.25, -0.2) is 0 Å². The number of nitrogens with zero attached hydrogens (tertiary/aromatic N) is 3. The predicted octanol–water partition coefficient (Wildman–Crippen LogP) is 2.73. The van der Waals surface area contributed by atoms with Gasteiger partial charge in [0.15, 0.2) is 5.96 Å². The van der Waals surface area contributed by atoms with Gasteiger partial charge in [0.05, 0.1) is 11.6 Å². The number of hydrogen-bond donors (Lipinski definition) is 2. The van der Waals surface area contributed by atoms with E-state index >= 15 is 0 Å². The second-order valence-electron chi connectivity index (χ2n) is 5.95. The summed E-state index contributed by atoms with van der Waals surface area (Å²) in [5.41, 5.74) is 1.76. The molecule has 0 radical (unpaired) electrons. The van der Waals surface area contributed by atoms with Crippen LogP contribution in [0.5, 0.6) is 0 Å². The fourth-order valence-electron chi connectivity index (χ4n) is 2.60. The molecule has 2 N–H and O–H groups in total. The van der Waals surface area contributed by atoms with E-state index in [4.69, 9.17) is 5.26 Å². The lowest BCUT2D eigenvalue weighted by Crippen LogP contribution is -2.42. The van der Waals surface area contributed by atoms with E-state index in [-0.39, 0.29) is 0 Å². The Morgan fingerprint density at radius 1 is 1.33 bits per heavy atom. The van der Waals surface area contributed by atoms with Gasteiger partial charge in [-0.15, -0.1) is 0 Å². The van der Waals surface area contributed by atoms with Crippen molar-refractivity contribution < 1.29 is 0 Å². The quantitative estimate of drug-likeness (QED) is 0.540. The first-order valence-electron chi connectivity index (χ1n) is 8.81. The minimum atomic E-state index is 0.372. The molecule has 0 saturated heterocycles. The van der Waals surface area contributed by atoms with Crippen LogP contribution in [0.3, 0.4) is 0 Å². The standard InChI is InChI=1S/C19H31N5/c1-5-24(6-2)12-8-9-16(3)23-19(21-4)22-15-18-11-7-10-17(13-18)14-20/h7,10-11,13,16H,5-6,8-9,12,15H2,1-4H3,(H2,21,22,23). The van der Waals surface area contributed by atoms with Gasteiger partial charge < -0.3 is 15.5 Å². The molecule has 0 fully saturated rings. The zero-order valence-electron chi connectivity index (χ0n) is 15.5. The molecule has 0 amide bonds. The Labute approximate surface area is 146 Å². The molecule has 1 aromatic rings. The number of hydrogen-bond acceptors (Lipinski definition) is 3. The van der Waals surface area contributed by atoms with E-state index < -0.39 is 0 Å². The van der Waals surface area contributed by atoms with E-state index in [2.05, 4.69) is 47.4 Å². The van der Waals surface area contributed by atoms with E-state index in [9.17, 15) is 0 Å². The van der Waals surface area contributed by atoms with Gasteiger partial charge in [0.2, 0.25) is 0 Å². The van der Waals surface area contributed by atoms with Gasteiger partial charge in [-0.1, -0.05) is 26.0 Å². The first-order valence-corrected chi connectivity index (χ1v) is 8.81. The van der Waals surface area contributed by atoms with Crippen LogP contribution in [0.25, 0.3) is 0 Å². The van der Waals surface area contributed by atoms with Crippen LogP contribution in [0.15, 0.2) is 29.3 Å². The number of benzene rings is 1. The molecule has 0 aliphatic heterocycles. The highest BCUT2D eigenvalue weighted by atomic mass is 15.2. The smallest absolute Gasteiger partial charge is 0.191 e. The SMILES string of the molecule is CCN(CC)CCCC(C)NC(=NC)NCc1cccc(C#N)c1. The molecule has 0 spiro atoms. The molecule has 0 aliphatic carbocycles. The molecular formula is C19H31N5. The average Bonchev–Trinajstić information content (AvgIpc) is 2.62. The van der Waals surface area contributed by atoms with Crippen molar-refractivity contribution in [3.63, 3.8) is 0 Å². The Morgan fingerprint density at radius 3 is 2.71 bits per heavy atom. The molecule has 0 bridgehead atoms. The number of aliphatic imine (C=N–C) groups is 1. The molecule has 1 unspecified atom stereocenters. The monoisotopic (exact) mass is 329 g/mol. The number of nitriles is 1. The Balaban J connectivity index is 2.37. The molecule has 1 aromatic carbocycles. The minimum Gasteiger partial charge on any atom is -0.354 e. The summed E-state index contributed by atoms with van der Waals surface area (Å²) in [5, 5.41) is 15.7. The second kappa shape index (κ2) is 11.5. The highest BCUT2D eigenvalue weighted by Gasteiger charge is 2.06. The molecule has 0 aromatic heterocycles. The van der Waals surface area contributed by atoms with Crippen molar-refractivity contribution in [3.8, 4) is 6.07 Å². The fourth-order valence-corrected chi connectivity index (χ4v) is 2.60. The first-order chi connectivity index (χ1) is 11.6. The number of rotatable bonds is 9. The second-order valence-corrected chi connectivity index (χ2v) is 5.95. The maximum atomic E-state index is 8.95. The molecule has 1 rings (SSSR count). The topological polar surface area (TPSA) is 63.4 Å². The summed E-state index contributed by atoms with van der Waals surface area (Å²) in [6.07, 6.45) is 2.29. The van der Waals surface area contributed by atoms with E-state index in [0.29, 0.717) is 18.2 Å². The van der Waals surface area contributed by atoms with Crippen molar-refractivity contribution in [1.82, 2.24) is 15.5 Å². The van der Waals surface area contributed by atoms with Crippen molar-refractivity contribution in [2.45, 2.75) is 46.2 Å². The van der Waals surface area contributed by atoms with Gasteiger partial charge in [0.1, 0.15) is 0 Å². The lowest BCUT2D eigenvalue weighted by molar-refractivity contribution is 0.292. The summed E-state index contributed by atoms with van der Waals surface area (Å²) in [7, 11) is 1.78. The summed E-state index contributed by atoms with van der Waals surface area (Å²) in [5.74, 6) is 0.799. The molecule has 24 heavy (non-hydrogen) atoms. The van der Waals surface area contributed by atoms with Crippen LogP contribution in [0.4, 0.5) is 0 Å². The Kier molecular flexibility index (Phi) is 9.55. The molecule has 5 heteroatoms. The zero-order chi connectivity index (χ0) is 17.8. The predicted molar refractivity (Wildman–Crippen MR) is 101 cm³/mol. The lowest BCUT2D eigenvalue weighted by Gasteiger charge is -2.21. The Hall–Kier alpha value is -2.06. The van der Waals surface area contributed by atoms with Crippen molar-refractivity contribution in [2.24, 2.45) is 4.99 Å². The van der Waals surface area contributed by atoms with Crippen LogP contribution in [-0.2, 0) is 6.54 Å². The largest absolute Gasteiger partial charge is 0.354 e. The van der Waals surface area contributed by atoms with E-state index in [1.54, 1.807) is 7.05 Å². The van der Waals surface area contributed by atoms with E-state index in [1.807, 2.05) is 24.3 Å². The highest BCUT2D eigenvalue weighted by Crippen LogP contribution is 2.04. The third kappa shape index (κ3) is 7.47. The Bertz CT molecular complexity index is 543. The van der Waals surface area contributed by atoms with Crippen LogP contribution in [0, 0.1) is 11.3 Å². The lowest BCUT2D eigenvalue weighted by atomic mass is 10.1. The van der Waals surface area contributed by atoms with Crippen LogP contribution in [-0.4, -0.2) is 43.6 Å². The van der Waals surface area contributed by atoms with Crippen molar-refractivity contribution in [3.05, 3.63) is 35.4 Å². The van der Waals surface area contributed by atoms with Crippen molar-refractivity contribution in [2.75, 3.05) is 26.7 Å². The van der Waals surface area contributed by atoms with E-state index in [0.717, 1.165) is 37.6 Å². The van der Waals surface area contributed by atoms with Crippen molar-refractivity contribution >= 4 is 5.96 Å². The molecule has 0 saturated carbocycles. The fraction of sp³-hybridized carbons (Fsp3) is 0.579. The third-order valence-corrected chi connectivity index (χ3v) is 4.13. The number of nitrogens with one attached hydrogen (secondary N) is 2. The summed E-state index contributed by atoms with van der Waals surface area (Å²) in [6.45, 7) is 10.6. The normalized spacial score (nSPS) is 12.8. The molecule has 5 nitrogen and oxygen atoms in total. The third-order valence-electron chi connectivity index (χ3n) is 4.13. The zero-order valence-corrected chi connectivity index (χ0v) is 15.5. The molecule has 0 heterocycles. The van der Waals surface area contributed by atoms with Gasteiger partial charge in [-0.3, -0.25) is 4.99 Å². The highest BCUT2D eigenvalue weighted by molar-refractivity contribution is 5.79. The van der Waals surface area contributed by atoms with Gasteiger partial charge in [-0.2, -0.15) is 5.26 Å². The summed E-state index contributed by atoms with van der Waals surface area (Å²) >= 11 is 0. The average molecular weight is 329 g/mol. The van der Waals surface area contributed by atoms with Crippen LogP contribution in [0.1, 0.15) is 44.7 Å². The molecule has 1 atom stereocenters. The summed E-state index contributed by atoms with van der Waals surface area (Å²) < 4.78 is 0.